The molecule has 0 fully saturated rings. The van der Waals surface area contributed by atoms with Crippen molar-refractivity contribution in [1.29, 1.82) is 0 Å². The van der Waals surface area contributed by atoms with Crippen LogP contribution in [0.3, 0.4) is 0 Å². The van der Waals surface area contributed by atoms with Crippen molar-refractivity contribution in [3.8, 4) is 11.8 Å². The van der Waals surface area contributed by atoms with E-state index in [-0.39, 0.29) is 12.5 Å². The van der Waals surface area contributed by atoms with Crippen LogP contribution in [0, 0.1) is 11.8 Å². The van der Waals surface area contributed by atoms with E-state index in [4.69, 9.17) is 0 Å². The second-order valence-electron chi connectivity index (χ2n) is 6.29. The number of hydrogen-bond acceptors (Lipinski definition) is 1. The molecule has 122 valence electrons. The van der Waals surface area contributed by atoms with Crippen molar-refractivity contribution >= 4 is 12.2 Å². The van der Waals surface area contributed by atoms with Crippen LogP contribution in [-0.4, -0.2) is 11.7 Å². The zero-order chi connectivity index (χ0) is 16.8. The minimum atomic E-state index is -0.0996. The summed E-state index contributed by atoms with van der Waals surface area (Å²) in [5.74, 6) is 6.17. The summed E-state index contributed by atoms with van der Waals surface area (Å²) < 4.78 is 0. The van der Waals surface area contributed by atoms with Gasteiger partial charge in [0.25, 0.3) is 0 Å². The van der Waals surface area contributed by atoms with E-state index >= 15 is 0 Å². The van der Waals surface area contributed by atoms with Gasteiger partial charge in [0.15, 0.2) is 0 Å². The first-order valence-corrected chi connectivity index (χ1v) is 8.82. The third-order valence-electron chi connectivity index (χ3n) is 4.61. The van der Waals surface area contributed by atoms with Gasteiger partial charge in [0.2, 0.25) is 0 Å². The first-order chi connectivity index (χ1) is 11.8. The van der Waals surface area contributed by atoms with Crippen molar-refractivity contribution in [2.24, 2.45) is 0 Å². The Balaban J connectivity index is 2.04. The second-order valence-corrected chi connectivity index (χ2v) is 6.29. The number of aliphatic hydroxyl groups excluding tert-OH is 1. The fourth-order valence-electron chi connectivity index (χ4n) is 3.34. The van der Waals surface area contributed by atoms with E-state index in [1.54, 1.807) is 0 Å². The number of unbranched alkanes of at least 4 members (excludes halogenated alkanes) is 2. The Bertz CT molecular complexity index is 789. The van der Waals surface area contributed by atoms with Crippen LogP contribution in [0.2, 0.25) is 0 Å². The predicted molar refractivity (Wildman–Crippen MR) is 102 cm³/mol. The lowest BCUT2D eigenvalue weighted by Gasteiger charge is -2.16. The van der Waals surface area contributed by atoms with Crippen molar-refractivity contribution in [2.75, 3.05) is 6.61 Å². The smallest absolute Gasteiger partial charge is 0.104 e. The van der Waals surface area contributed by atoms with Gasteiger partial charge in [-0.05, 0) is 40.7 Å². The zero-order valence-corrected chi connectivity index (χ0v) is 14.3. The van der Waals surface area contributed by atoms with E-state index in [1.807, 2.05) is 0 Å². The first kappa shape index (κ1) is 16.6. The molecule has 2 aromatic rings. The molecule has 0 saturated heterocycles. The van der Waals surface area contributed by atoms with Gasteiger partial charge in [0.05, 0.1) is 5.92 Å². The topological polar surface area (TPSA) is 20.2 Å². The molecule has 2 aromatic carbocycles. The third-order valence-corrected chi connectivity index (χ3v) is 4.61. The van der Waals surface area contributed by atoms with E-state index < -0.39 is 0 Å². The van der Waals surface area contributed by atoms with Crippen molar-refractivity contribution in [3.63, 3.8) is 0 Å². The highest BCUT2D eigenvalue weighted by molar-refractivity contribution is 5.77. The maximum absolute atomic E-state index is 9.17. The monoisotopic (exact) mass is 316 g/mol. The van der Waals surface area contributed by atoms with E-state index in [0.717, 1.165) is 6.42 Å². The van der Waals surface area contributed by atoms with E-state index in [9.17, 15) is 5.11 Å². The fraction of sp³-hybridized carbons (Fsp3) is 0.304. The van der Waals surface area contributed by atoms with Gasteiger partial charge in [-0.3, -0.25) is 0 Å². The molecule has 1 nitrogen and oxygen atoms in total. The molecule has 0 heterocycles. The minimum absolute atomic E-state index is 0.0180. The lowest BCUT2D eigenvalue weighted by molar-refractivity contribution is 0.350. The summed E-state index contributed by atoms with van der Waals surface area (Å²) in [5.41, 5.74) is 6.29. The maximum atomic E-state index is 9.17. The maximum Gasteiger partial charge on any atom is 0.104 e. The summed E-state index contributed by atoms with van der Waals surface area (Å²) in [7, 11) is 0. The Morgan fingerprint density at radius 3 is 2.54 bits per heavy atom. The molecule has 24 heavy (non-hydrogen) atoms. The standard InChI is InChI=1S/C23H24O/c1-2-3-4-8-18-12-13-20-15-14-19-9-5-6-10-21(19)22(11-7-16-24)23(20)17-18/h5-6,9-10,12-15,17,22,24H,2-4,8,16H2,1H3. The van der Waals surface area contributed by atoms with E-state index in [1.165, 1.54) is 47.1 Å². The minimum Gasteiger partial charge on any atom is -0.384 e. The third kappa shape index (κ3) is 3.61. The van der Waals surface area contributed by atoms with Gasteiger partial charge in [-0.15, -0.1) is 0 Å². The van der Waals surface area contributed by atoms with Gasteiger partial charge < -0.3 is 5.11 Å². The average Bonchev–Trinajstić information content (AvgIpc) is 2.77. The molecule has 0 aliphatic heterocycles. The highest BCUT2D eigenvalue weighted by Gasteiger charge is 2.19. The lowest BCUT2D eigenvalue weighted by atomic mass is 9.86. The summed E-state index contributed by atoms with van der Waals surface area (Å²) in [6.45, 7) is 2.14. The largest absolute Gasteiger partial charge is 0.384 e. The summed E-state index contributed by atoms with van der Waals surface area (Å²) in [6.07, 6.45) is 9.22. The Kier molecular flexibility index (Phi) is 5.51. The molecule has 0 spiro atoms. The quantitative estimate of drug-likeness (QED) is 0.619. The number of benzene rings is 2. The fourth-order valence-corrected chi connectivity index (χ4v) is 3.34. The summed E-state index contributed by atoms with van der Waals surface area (Å²) in [4.78, 5) is 0. The summed E-state index contributed by atoms with van der Waals surface area (Å²) >= 11 is 0. The van der Waals surface area contributed by atoms with Gasteiger partial charge in [-0.1, -0.05) is 86.2 Å². The van der Waals surface area contributed by atoms with Crippen molar-refractivity contribution < 1.29 is 5.11 Å². The Labute approximate surface area is 145 Å². The van der Waals surface area contributed by atoms with Crippen LogP contribution in [0.5, 0.6) is 0 Å². The van der Waals surface area contributed by atoms with Crippen molar-refractivity contribution in [2.45, 2.75) is 38.5 Å². The molecule has 1 aliphatic rings. The molecule has 0 saturated carbocycles. The number of aryl methyl sites for hydroxylation is 1. The summed E-state index contributed by atoms with van der Waals surface area (Å²) in [5, 5.41) is 9.17. The predicted octanol–water partition coefficient (Wildman–Crippen LogP) is 5.03. The Hall–Kier alpha value is -2.30. The van der Waals surface area contributed by atoms with Crippen LogP contribution in [0.1, 0.15) is 59.9 Å². The molecular formula is C23H24O. The molecule has 1 unspecified atom stereocenters. The zero-order valence-electron chi connectivity index (χ0n) is 14.3. The van der Waals surface area contributed by atoms with Gasteiger partial charge in [0, 0.05) is 0 Å². The summed E-state index contributed by atoms with van der Waals surface area (Å²) in [6, 6.07) is 15.2. The van der Waals surface area contributed by atoms with E-state index in [0.29, 0.717) is 0 Å². The van der Waals surface area contributed by atoms with E-state index in [2.05, 4.69) is 73.4 Å². The van der Waals surface area contributed by atoms with Crippen LogP contribution < -0.4 is 0 Å². The number of aliphatic hydroxyl groups is 1. The Morgan fingerprint density at radius 1 is 0.958 bits per heavy atom. The normalized spacial score (nSPS) is 15.0. The molecule has 0 amide bonds. The van der Waals surface area contributed by atoms with Crippen LogP contribution in [0.25, 0.3) is 12.2 Å². The van der Waals surface area contributed by atoms with Crippen LogP contribution >= 0.6 is 0 Å². The first-order valence-electron chi connectivity index (χ1n) is 8.82. The molecule has 0 radical (unpaired) electrons. The molecule has 1 heteroatoms. The highest BCUT2D eigenvalue weighted by atomic mass is 16.2. The average molecular weight is 316 g/mol. The van der Waals surface area contributed by atoms with Gasteiger partial charge in [0.1, 0.15) is 6.61 Å². The van der Waals surface area contributed by atoms with Gasteiger partial charge >= 0.3 is 0 Å². The van der Waals surface area contributed by atoms with Gasteiger partial charge in [-0.2, -0.15) is 0 Å². The van der Waals surface area contributed by atoms with Crippen molar-refractivity contribution in [1.82, 2.24) is 0 Å². The Morgan fingerprint density at radius 2 is 1.75 bits per heavy atom. The van der Waals surface area contributed by atoms with Crippen LogP contribution in [0.4, 0.5) is 0 Å². The van der Waals surface area contributed by atoms with Crippen LogP contribution in [0.15, 0.2) is 42.5 Å². The number of rotatable bonds is 4. The lowest BCUT2D eigenvalue weighted by Crippen LogP contribution is -2.03. The molecule has 1 aliphatic carbocycles. The number of hydrogen-bond donors (Lipinski definition) is 1. The molecular weight excluding hydrogens is 292 g/mol. The highest BCUT2D eigenvalue weighted by Crippen LogP contribution is 2.34. The molecule has 0 bridgehead atoms. The molecule has 0 aromatic heterocycles. The number of fused-ring (bicyclic) bond motifs is 2. The van der Waals surface area contributed by atoms with Crippen LogP contribution in [-0.2, 0) is 6.42 Å². The molecule has 1 atom stereocenters. The second kappa shape index (κ2) is 7.99. The molecule has 3 rings (SSSR count). The SMILES string of the molecule is CCCCCc1ccc2c(c1)C(C#CCO)c1ccccc1C=C2. The van der Waals surface area contributed by atoms with Gasteiger partial charge in [-0.25, -0.2) is 0 Å². The van der Waals surface area contributed by atoms with Crippen molar-refractivity contribution in [3.05, 3.63) is 70.3 Å². The molecule has 1 N–H and O–H groups in total.